The van der Waals surface area contributed by atoms with Crippen molar-refractivity contribution in [2.24, 2.45) is 0 Å². The van der Waals surface area contributed by atoms with E-state index in [1.807, 2.05) is 35.2 Å². The van der Waals surface area contributed by atoms with Crippen molar-refractivity contribution in [2.75, 3.05) is 18.0 Å². The summed E-state index contributed by atoms with van der Waals surface area (Å²) in [5, 5.41) is 9.16. The van der Waals surface area contributed by atoms with E-state index >= 15 is 0 Å². The summed E-state index contributed by atoms with van der Waals surface area (Å²) in [7, 11) is 0. The first-order valence-corrected chi connectivity index (χ1v) is 5.82. The van der Waals surface area contributed by atoms with Crippen molar-refractivity contribution in [3.63, 3.8) is 0 Å². The minimum absolute atomic E-state index is 0.165. The number of para-hydroxylation sites is 1. The second-order valence-electron chi connectivity index (χ2n) is 3.77. The lowest BCUT2D eigenvalue weighted by atomic mass is 10.2. The lowest BCUT2D eigenvalue weighted by Gasteiger charge is -2.24. The summed E-state index contributed by atoms with van der Waals surface area (Å²) in [6.07, 6.45) is 0.756. The van der Waals surface area contributed by atoms with Crippen LogP contribution >= 0.6 is 11.6 Å². The molecule has 0 aliphatic rings. The number of rotatable bonds is 7. The van der Waals surface area contributed by atoms with E-state index in [0.29, 0.717) is 24.5 Å². The van der Waals surface area contributed by atoms with Crippen LogP contribution in [0.1, 0.15) is 12.8 Å². The molecule has 0 saturated heterocycles. The number of aliphatic carboxylic acids is 1. The van der Waals surface area contributed by atoms with Crippen LogP contribution in [-0.2, 0) is 4.79 Å². The number of hydrogen-bond donors (Lipinski definition) is 1. The highest BCUT2D eigenvalue weighted by Crippen LogP contribution is 2.16. The molecular weight excluding hydrogens is 238 g/mol. The van der Waals surface area contributed by atoms with E-state index in [1.54, 1.807) is 0 Å². The summed E-state index contributed by atoms with van der Waals surface area (Å²) in [4.78, 5) is 12.5. The molecule has 0 saturated carbocycles. The van der Waals surface area contributed by atoms with Crippen LogP contribution in [-0.4, -0.2) is 24.2 Å². The van der Waals surface area contributed by atoms with Crippen LogP contribution in [0, 0.1) is 0 Å². The van der Waals surface area contributed by atoms with Gasteiger partial charge in [0.25, 0.3) is 0 Å². The molecule has 3 nitrogen and oxygen atoms in total. The standard InChI is InChI=1S/C13H16ClNO2/c1-11(14)10-15(9-5-8-13(16)17)12-6-3-2-4-7-12/h2-4,6-7H,1,5,8-10H2,(H,16,17). The van der Waals surface area contributed by atoms with Crippen molar-refractivity contribution in [2.45, 2.75) is 12.8 Å². The number of benzene rings is 1. The minimum Gasteiger partial charge on any atom is -0.481 e. The molecule has 4 heteroatoms. The topological polar surface area (TPSA) is 40.5 Å². The fraction of sp³-hybridized carbons (Fsp3) is 0.308. The fourth-order valence-electron chi connectivity index (χ4n) is 1.57. The quantitative estimate of drug-likeness (QED) is 0.812. The van der Waals surface area contributed by atoms with Gasteiger partial charge in [-0.1, -0.05) is 36.4 Å². The van der Waals surface area contributed by atoms with E-state index in [9.17, 15) is 4.79 Å². The maximum absolute atomic E-state index is 10.5. The Bertz CT molecular complexity index is 378. The fourth-order valence-corrected chi connectivity index (χ4v) is 1.71. The Kier molecular flexibility index (Phi) is 5.57. The van der Waals surface area contributed by atoms with E-state index in [2.05, 4.69) is 6.58 Å². The van der Waals surface area contributed by atoms with Gasteiger partial charge in [-0.3, -0.25) is 4.79 Å². The Morgan fingerprint density at radius 2 is 2.00 bits per heavy atom. The summed E-state index contributed by atoms with van der Waals surface area (Å²) < 4.78 is 0. The van der Waals surface area contributed by atoms with Gasteiger partial charge in [-0.25, -0.2) is 0 Å². The van der Waals surface area contributed by atoms with Gasteiger partial charge < -0.3 is 10.0 Å². The van der Waals surface area contributed by atoms with Gasteiger partial charge in [0, 0.05) is 23.7 Å². The van der Waals surface area contributed by atoms with E-state index in [0.717, 1.165) is 5.69 Å². The molecule has 0 aliphatic carbocycles. The Morgan fingerprint density at radius 3 is 2.53 bits per heavy atom. The molecule has 0 heterocycles. The molecule has 0 amide bonds. The van der Waals surface area contributed by atoms with Crippen LogP contribution < -0.4 is 4.90 Å². The first-order valence-electron chi connectivity index (χ1n) is 5.44. The van der Waals surface area contributed by atoms with Gasteiger partial charge in [0.15, 0.2) is 0 Å². The third-order valence-corrected chi connectivity index (χ3v) is 2.42. The summed E-state index contributed by atoms with van der Waals surface area (Å²) in [5.41, 5.74) is 1.03. The van der Waals surface area contributed by atoms with E-state index < -0.39 is 5.97 Å². The summed E-state index contributed by atoms with van der Waals surface area (Å²) >= 11 is 5.81. The van der Waals surface area contributed by atoms with Crippen molar-refractivity contribution in [3.05, 3.63) is 41.9 Å². The monoisotopic (exact) mass is 253 g/mol. The molecule has 0 fully saturated rings. The highest BCUT2D eigenvalue weighted by Gasteiger charge is 2.07. The second-order valence-corrected chi connectivity index (χ2v) is 4.31. The van der Waals surface area contributed by atoms with Crippen LogP contribution in [0.15, 0.2) is 41.9 Å². The molecule has 0 radical (unpaired) electrons. The van der Waals surface area contributed by atoms with E-state index in [1.165, 1.54) is 0 Å². The van der Waals surface area contributed by atoms with Gasteiger partial charge in [-0.15, -0.1) is 0 Å². The molecule has 17 heavy (non-hydrogen) atoms. The van der Waals surface area contributed by atoms with Gasteiger partial charge in [-0.05, 0) is 18.6 Å². The predicted octanol–water partition coefficient (Wildman–Crippen LogP) is 3.11. The summed E-state index contributed by atoms with van der Waals surface area (Å²) in [5.74, 6) is -0.775. The van der Waals surface area contributed by atoms with Crippen LogP contribution in [0.3, 0.4) is 0 Å². The van der Waals surface area contributed by atoms with Gasteiger partial charge in [0.05, 0.1) is 6.54 Å². The normalized spacial score (nSPS) is 9.94. The first-order chi connectivity index (χ1) is 8.09. The zero-order chi connectivity index (χ0) is 12.7. The SMILES string of the molecule is C=C(Cl)CN(CCCC(=O)O)c1ccccc1. The van der Waals surface area contributed by atoms with Crippen LogP contribution in [0.2, 0.25) is 0 Å². The zero-order valence-electron chi connectivity index (χ0n) is 9.60. The second kappa shape index (κ2) is 6.97. The zero-order valence-corrected chi connectivity index (χ0v) is 10.4. The molecule has 1 aromatic carbocycles. The van der Waals surface area contributed by atoms with Crippen LogP contribution in [0.5, 0.6) is 0 Å². The lowest BCUT2D eigenvalue weighted by molar-refractivity contribution is -0.137. The maximum atomic E-state index is 10.5. The van der Waals surface area contributed by atoms with Gasteiger partial charge >= 0.3 is 5.97 Å². The van der Waals surface area contributed by atoms with Crippen molar-refractivity contribution < 1.29 is 9.90 Å². The number of carbonyl (C=O) groups is 1. The smallest absolute Gasteiger partial charge is 0.303 e. The van der Waals surface area contributed by atoms with Crippen molar-refractivity contribution in [1.82, 2.24) is 0 Å². The molecule has 0 unspecified atom stereocenters. The largest absolute Gasteiger partial charge is 0.481 e. The third kappa shape index (κ3) is 5.41. The molecule has 92 valence electrons. The lowest BCUT2D eigenvalue weighted by Crippen LogP contribution is -2.26. The Balaban J connectivity index is 2.61. The molecule has 1 rings (SSSR count). The van der Waals surface area contributed by atoms with Crippen molar-refractivity contribution in [3.8, 4) is 0 Å². The van der Waals surface area contributed by atoms with E-state index in [-0.39, 0.29) is 6.42 Å². The number of carboxylic acids is 1. The Labute approximate surface area is 106 Å². The number of carboxylic acid groups (broad SMARTS) is 1. The van der Waals surface area contributed by atoms with Gasteiger partial charge in [-0.2, -0.15) is 0 Å². The first kappa shape index (κ1) is 13.6. The number of anilines is 1. The van der Waals surface area contributed by atoms with Gasteiger partial charge in [0.1, 0.15) is 0 Å². The average molecular weight is 254 g/mol. The van der Waals surface area contributed by atoms with Gasteiger partial charge in [0.2, 0.25) is 0 Å². The number of nitrogens with zero attached hydrogens (tertiary/aromatic N) is 1. The Morgan fingerprint density at radius 1 is 1.35 bits per heavy atom. The third-order valence-electron chi connectivity index (χ3n) is 2.30. The average Bonchev–Trinajstić information content (AvgIpc) is 2.28. The minimum atomic E-state index is -0.775. The van der Waals surface area contributed by atoms with Crippen molar-refractivity contribution >= 4 is 23.3 Å². The maximum Gasteiger partial charge on any atom is 0.303 e. The molecule has 0 atom stereocenters. The molecule has 0 aliphatic heterocycles. The van der Waals surface area contributed by atoms with Crippen LogP contribution in [0.4, 0.5) is 5.69 Å². The van der Waals surface area contributed by atoms with Crippen LogP contribution in [0.25, 0.3) is 0 Å². The summed E-state index contributed by atoms with van der Waals surface area (Å²) in [6.45, 7) is 4.86. The molecule has 0 aromatic heterocycles. The Hall–Kier alpha value is -1.48. The highest BCUT2D eigenvalue weighted by atomic mass is 35.5. The van der Waals surface area contributed by atoms with Crippen molar-refractivity contribution in [1.29, 1.82) is 0 Å². The summed E-state index contributed by atoms with van der Waals surface area (Å²) in [6, 6.07) is 9.77. The highest BCUT2D eigenvalue weighted by molar-refractivity contribution is 6.29. The molecule has 1 aromatic rings. The molecular formula is C13H16ClNO2. The number of hydrogen-bond acceptors (Lipinski definition) is 2. The molecule has 0 bridgehead atoms. The predicted molar refractivity (Wildman–Crippen MR) is 70.5 cm³/mol. The molecule has 1 N–H and O–H groups in total. The van der Waals surface area contributed by atoms with E-state index in [4.69, 9.17) is 16.7 Å². The molecule has 0 spiro atoms. The number of halogens is 1.